The van der Waals surface area contributed by atoms with Crippen molar-refractivity contribution in [1.29, 1.82) is 0 Å². The zero-order valence-corrected chi connectivity index (χ0v) is 9.30. The Balaban J connectivity index is 2.15. The Hall–Kier alpha value is -1.13. The molecule has 1 heterocycles. The maximum Gasteiger partial charge on any atom is 0.146 e. The molecule has 3 nitrogen and oxygen atoms in total. The molecule has 0 saturated carbocycles. The highest BCUT2D eigenvalue weighted by Gasteiger charge is 2.30. The van der Waals surface area contributed by atoms with E-state index in [1.54, 1.807) is 12.1 Å². The number of hydrogen-bond donors (Lipinski definition) is 3. The van der Waals surface area contributed by atoms with Gasteiger partial charge in [-0.3, -0.25) is 0 Å². The van der Waals surface area contributed by atoms with Crippen molar-refractivity contribution in [3.8, 4) is 0 Å². The normalized spacial score (nSPS) is 19.4. The molecular weight excluding hydrogens is 205 g/mol. The fourth-order valence-electron chi connectivity index (χ4n) is 2.13. The number of rotatable bonds is 3. The van der Waals surface area contributed by atoms with E-state index in [1.165, 1.54) is 6.07 Å². The lowest BCUT2D eigenvalue weighted by Gasteiger charge is -2.38. The van der Waals surface area contributed by atoms with Crippen LogP contribution in [-0.2, 0) is 0 Å². The first-order valence-electron chi connectivity index (χ1n) is 5.69. The number of nitrogens with two attached hydrogens (primary N) is 1. The first-order valence-corrected chi connectivity index (χ1v) is 5.69. The van der Waals surface area contributed by atoms with Gasteiger partial charge >= 0.3 is 0 Å². The summed E-state index contributed by atoms with van der Waals surface area (Å²) in [6.07, 6.45) is 1.86. The zero-order chi connectivity index (χ0) is 11.4. The van der Waals surface area contributed by atoms with Gasteiger partial charge in [-0.25, -0.2) is 4.39 Å². The summed E-state index contributed by atoms with van der Waals surface area (Å²) in [7, 11) is 0. The van der Waals surface area contributed by atoms with Gasteiger partial charge in [-0.05, 0) is 38.1 Å². The van der Waals surface area contributed by atoms with Crippen molar-refractivity contribution in [2.45, 2.75) is 18.4 Å². The number of benzene rings is 1. The van der Waals surface area contributed by atoms with E-state index in [2.05, 4.69) is 10.6 Å². The third-order valence-electron chi connectivity index (χ3n) is 3.23. The second-order valence-electron chi connectivity index (χ2n) is 4.34. The van der Waals surface area contributed by atoms with Gasteiger partial charge in [0, 0.05) is 6.54 Å². The first kappa shape index (κ1) is 11.4. The highest BCUT2D eigenvalue weighted by Crippen LogP contribution is 2.24. The summed E-state index contributed by atoms with van der Waals surface area (Å²) in [5.74, 6) is -0.214. The Kier molecular flexibility index (Phi) is 3.41. The highest BCUT2D eigenvalue weighted by molar-refractivity contribution is 5.47. The molecule has 1 aromatic carbocycles. The molecule has 1 saturated heterocycles. The summed E-state index contributed by atoms with van der Waals surface area (Å²) in [5.41, 5.74) is 6.21. The molecule has 0 aliphatic carbocycles. The molecule has 0 amide bonds. The minimum Gasteiger partial charge on any atom is -0.376 e. The van der Waals surface area contributed by atoms with Crippen LogP contribution in [0.25, 0.3) is 0 Å². The Morgan fingerprint density at radius 1 is 1.31 bits per heavy atom. The second kappa shape index (κ2) is 4.80. The summed E-state index contributed by atoms with van der Waals surface area (Å²) >= 11 is 0. The van der Waals surface area contributed by atoms with E-state index in [1.807, 2.05) is 6.07 Å². The Morgan fingerprint density at radius 2 is 2.00 bits per heavy atom. The summed E-state index contributed by atoms with van der Waals surface area (Å²) in [4.78, 5) is 0. The van der Waals surface area contributed by atoms with Crippen LogP contribution in [0.4, 0.5) is 10.1 Å². The molecule has 0 unspecified atom stereocenters. The average Bonchev–Trinajstić information content (AvgIpc) is 2.33. The Labute approximate surface area is 95.2 Å². The summed E-state index contributed by atoms with van der Waals surface area (Å²) < 4.78 is 13.5. The van der Waals surface area contributed by atoms with E-state index < -0.39 is 0 Å². The van der Waals surface area contributed by atoms with Crippen LogP contribution in [-0.4, -0.2) is 25.2 Å². The lowest BCUT2D eigenvalue weighted by molar-refractivity contribution is 0.344. The largest absolute Gasteiger partial charge is 0.376 e. The van der Waals surface area contributed by atoms with E-state index >= 15 is 0 Å². The maximum absolute atomic E-state index is 13.5. The first-order chi connectivity index (χ1) is 7.76. The van der Waals surface area contributed by atoms with Crippen molar-refractivity contribution >= 4 is 5.69 Å². The van der Waals surface area contributed by atoms with Crippen LogP contribution in [0.15, 0.2) is 24.3 Å². The second-order valence-corrected chi connectivity index (χ2v) is 4.34. The van der Waals surface area contributed by atoms with Gasteiger partial charge in [0.25, 0.3) is 0 Å². The van der Waals surface area contributed by atoms with Crippen molar-refractivity contribution in [2.24, 2.45) is 5.73 Å². The summed E-state index contributed by atoms with van der Waals surface area (Å²) in [6.45, 7) is 2.39. The molecule has 16 heavy (non-hydrogen) atoms. The zero-order valence-electron chi connectivity index (χ0n) is 9.30. The number of nitrogens with one attached hydrogen (secondary N) is 2. The molecule has 0 radical (unpaired) electrons. The van der Waals surface area contributed by atoms with Crippen molar-refractivity contribution in [3.05, 3.63) is 30.1 Å². The molecular formula is C12H18FN3. The number of anilines is 1. The maximum atomic E-state index is 13.5. The molecule has 0 atom stereocenters. The van der Waals surface area contributed by atoms with Crippen molar-refractivity contribution < 1.29 is 4.39 Å². The van der Waals surface area contributed by atoms with Crippen LogP contribution in [0, 0.1) is 5.82 Å². The molecule has 88 valence electrons. The summed E-state index contributed by atoms with van der Waals surface area (Å²) in [6, 6.07) is 6.75. The van der Waals surface area contributed by atoms with Gasteiger partial charge in [-0.15, -0.1) is 0 Å². The minimum absolute atomic E-state index is 0.159. The van der Waals surface area contributed by atoms with Gasteiger partial charge in [0.2, 0.25) is 0 Å². The predicted octanol–water partition coefficient (Wildman–Crippen LogP) is 1.32. The highest BCUT2D eigenvalue weighted by atomic mass is 19.1. The number of halogens is 1. The number of hydrogen-bond acceptors (Lipinski definition) is 3. The molecule has 1 fully saturated rings. The van der Waals surface area contributed by atoms with Gasteiger partial charge in [0.05, 0.1) is 11.2 Å². The third kappa shape index (κ3) is 2.33. The molecule has 4 N–H and O–H groups in total. The molecule has 2 rings (SSSR count). The van der Waals surface area contributed by atoms with Gasteiger partial charge < -0.3 is 16.4 Å². The fraction of sp³-hybridized carbons (Fsp3) is 0.500. The van der Waals surface area contributed by atoms with Crippen LogP contribution in [0.3, 0.4) is 0 Å². The molecule has 4 heteroatoms. The van der Waals surface area contributed by atoms with Crippen LogP contribution < -0.4 is 16.4 Å². The monoisotopic (exact) mass is 223 g/mol. The predicted molar refractivity (Wildman–Crippen MR) is 63.9 cm³/mol. The van der Waals surface area contributed by atoms with E-state index in [0.717, 1.165) is 25.9 Å². The van der Waals surface area contributed by atoms with Crippen molar-refractivity contribution in [1.82, 2.24) is 5.32 Å². The third-order valence-corrected chi connectivity index (χ3v) is 3.23. The van der Waals surface area contributed by atoms with Gasteiger partial charge in [0.1, 0.15) is 5.82 Å². The lowest BCUT2D eigenvalue weighted by atomic mass is 9.88. The minimum atomic E-state index is -0.214. The van der Waals surface area contributed by atoms with Crippen LogP contribution in [0.1, 0.15) is 12.8 Å². The van der Waals surface area contributed by atoms with Crippen molar-refractivity contribution in [3.63, 3.8) is 0 Å². The molecule has 0 aromatic heterocycles. The Bertz CT molecular complexity index is 348. The average molecular weight is 223 g/mol. The van der Waals surface area contributed by atoms with Crippen LogP contribution >= 0.6 is 0 Å². The Morgan fingerprint density at radius 3 is 2.62 bits per heavy atom. The number of para-hydroxylation sites is 1. The molecule has 0 spiro atoms. The quantitative estimate of drug-likeness (QED) is 0.724. The SMILES string of the molecule is NCC1(Nc2ccccc2F)CCNCC1. The van der Waals surface area contributed by atoms with Gasteiger partial charge in [-0.2, -0.15) is 0 Å². The number of piperidine rings is 1. The van der Waals surface area contributed by atoms with E-state index in [9.17, 15) is 4.39 Å². The molecule has 0 bridgehead atoms. The molecule has 1 aliphatic rings. The van der Waals surface area contributed by atoms with E-state index in [0.29, 0.717) is 12.2 Å². The van der Waals surface area contributed by atoms with Crippen LogP contribution in [0.2, 0.25) is 0 Å². The molecule has 1 aromatic rings. The fourth-order valence-corrected chi connectivity index (χ4v) is 2.13. The summed E-state index contributed by atoms with van der Waals surface area (Å²) in [5, 5.41) is 6.56. The van der Waals surface area contributed by atoms with E-state index in [-0.39, 0.29) is 11.4 Å². The van der Waals surface area contributed by atoms with Gasteiger partial charge in [0.15, 0.2) is 0 Å². The van der Waals surface area contributed by atoms with Crippen molar-refractivity contribution in [2.75, 3.05) is 25.0 Å². The standard InChI is InChI=1S/C12H18FN3/c13-10-3-1-2-4-11(10)16-12(9-14)5-7-15-8-6-12/h1-4,15-16H,5-9,14H2. The topological polar surface area (TPSA) is 50.1 Å². The smallest absolute Gasteiger partial charge is 0.146 e. The lowest BCUT2D eigenvalue weighted by Crippen LogP contribution is -2.52. The van der Waals surface area contributed by atoms with Crippen LogP contribution in [0.5, 0.6) is 0 Å². The molecule has 1 aliphatic heterocycles. The van der Waals surface area contributed by atoms with Gasteiger partial charge in [-0.1, -0.05) is 12.1 Å². The van der Waals surface area contributed by atoms with E-state index in [4.69, 9.17) is 5.73 Å².